The second kappa shape index (κ2) is 7.29. The van der Waals surface area contributed by atoms with Crippen LogP contribution in [0.15, 0.2) is 79.3 Å². The SMILES string of the molecule is Cn1cccc1-c1cc(C(=O)NCc2cccnc2)n(-c2ccccc2)n1. The summed E-state index contributed by atoms with van der Waals surface area (Å²) in [6.07, 6.45) is 5.41. The molecule has 4 rings (SSSR count). The highest BCUT2D eigenvalue weighted by Gasteiger charge is 2.18. The van der Waals surface area contributed by atoms with Crippen molar-refractivity contribution in [3.8, 4) is 17.1 Å². The van der Waals surface area contributed by atoms with Crippen molar-refractivity contribution < 1.29 is 4.79 Å². The van der Waals surface area contributed by atoms with Gasteiger partial charge in [0, 0.05) is 32.2 Å². The Kier molecular flexibility index (Phi) is 4.53. The van der Waals surface area contributed by atoms with Crippen molar-refractivity contribution in [3.63, 3.8) is 0 Å². The molecule has 27 heavy (non-hydrogen) atoms. The van der Waals surface area contributed by atoms with Gasteiger partial charge in [-0.25, -0.2) is 4.68 Å². The molecule has 0 aliphatic heterocycles. The molecule has 0 aliphatic rings. The number of carbonyl (C=O) groups is 1. The third-order valence-corrected chi connectivity index (χ3v) is 4.32. The van der Waals surface area contributed by atoms with E-state index in [1.54, 1.807) is 17.1 Å². The zero-order valence-electron chi connectivity index (χ0n) is 14.9. The predicted molar refractivity (Wildman–Crippen MR) is 103 cm³/mol. The lowest BCUT2D eigenvalue weighted by Gasteiger charge is -2.08. The Morgan fingerprint density at radius 1 is 1.07 bits per heavy atom. The molecule has 1 amide bonds. The van der Waals surface area contributed by atoms with Crippen LogP contribution < -0.4 is 5.32 Å². The smallest absolute Gasteiger partial charge is 0.270 e. The molecule has 0 saturated heterocycles. The summed E-state index contributed by atoms with van der Waals surface area (Å²) in [5.41, 5.74) is 3.97. The first-order valence-electron chi connectivity index (χ1n) is 8.66. The number of rotatable bonds is 5. The maximum absolute atomic E-state index is 12.9. The fourth-order valence-electron chi connectivity index (χ4n) is 2.94. The van der Waals surface area contributed by atoms with Crippen LogP contribution in [0, 0.1) is 0 Å². The molecule has 0 atom stereocenters. The Balaban J connectivity index is 1.68. The topological polar surface area (TPSA) is 64.7 Å². The normalized spacial score (nSPS) is 10.7. The first kappa shape index (κ1) is 16.8. The molecule has 0 aliphatic carbocycles. The summed E-state index contributed by atoms with van der Waals surface area (Å²) in [5, 5.41) is 7.63. The van der Waals surface area contributed by atoms with Gasteiger partial charge in [-0.05, 0) is 42.0 Å². The molecule has 134 valence electrons. The fourth-order valence-corrected chi connectivity index (χ4v) is 2.94. The number of para-hydroxylation sites is 1. The van der Waals surface area contributed by atoms with Gasteiger partial charge in [-0.3, -0.25) is 9.78 Å². The first-order valence-corrected chi connectivity index (χ1v) is 8.66. The minimum atomic E-state index is -0.185. The number of hydrogen-bond acceptors (Lipinski definition) is 3. The Labute approximate surface area is 157 Å². The average molecular weight is 357 g/mol. The van der Waals surface area contributed by atoms with Crippen molar-refractivity contribution in [1.82, 2.24) is 24.6 Å². The number of carbonyl (C=O) groups excluding carboxylic acids is 1. The molecule has 0 saturated carbocycles. The van der Waals surface area contributed by atoms with E-state index in [2.05, 4.69) is 15.4 Å². The van der Waals surface area contributed by atoms with Crippen molar-refractivity contribution in [2.75, 3.05) is 0 Å². The fraction of sp³-hybridized carbons (Fsp3) is 0.0952. The maximum Gasteiger partial charge on any atom is 0.270 e. The van der Waals surface area contributed by atoms with Crippen LogP contribution in [-0.2, 0) is 13.6 Å². The van der Waals surface area contributed by atoms with Gasteiger partial charge in [0.1, 0.15) is 11.4 Å². The lowest BCUT2D eigenvalue weighted by molar-refractivity contribution is 0.0943. The number of aromatic nitrogens is 4. The number of pyridine rings is 1. The monoisotopic (exact) mass is 357 g/mol. The highest BCUT2D eigenvalue weighted by Crippen LogP contribution is 2.22. The van der Waals surface area contributed by atoms with Gasteiger partial charge in [0.25, 0.3) is 5.91 Å². The minimum absolute atomic E-state index is 0.185. The molecule has 1 N–H and O–H groups in total. The highest BCUT2D eigenvalue weighted by molar-refractivity contribution is 5.94. The molecule has 1 aromatic carbocycles. The van der Waals surface area contributed by atoms with Crippen LogP contribution in [0.4, 0.5) is 0 Å². The van der Waals surface area contributed by atoms with E-state index in [1.165, 1.54) is 0 Å². The second-order valence-electron chi connectivity index (χ2n) is 6.21. The average Bonchev–Trinajstić information content (AvgIpc) is 3.34. The van der Waals surface area contributed by atoms with Gasteiger partial charge in [-0.2, -0.15) is 5.10 Å². The van der Waals surface area contributed by atoms with Crippen molar-refractivity contribution in [2.45, 2.75) is 6.54 Å². The summed E-state index contributed by atoms with van der Waals surface area (Å²) in [6, 6.07) is 19.2. The largest absolute Gasteiger partial charge is 0.349 e. The molecule has 0 bridgehead atoms. The standard InChI is InChI=1S/C21H19N5O/c1-25-12-6-10-19(25)18-13-20(26(24-18)17-8-3-2-4-9-17)21(27)23-15-16-7-5-11-22-14-16/h2-14H,15H2,1H3,(H,23,27). The second-order valence-corrected chi connectivity index (χ2v) is 6.21. The zero-order valence-corrected chi connectivity index (χ0v) is 14.9. The Hall–Kier alpha value is -3.67. The van der Waals surface area contributed by atoms with Gasteiger partial charge in [0.05, 0.1) is 11.4 Å². The number of benzene rings is 1. The van der Waals surface area contributed by atoms with Gasteiger partial charge in [0.2, 0.25) is 0 Å². The number of amides is 1. The van der Waals surface area contributed by atoms with E-state index in [-0.39, 0.29) is 5.91 Å². The van der Waals surface area contributed by atoms with E-state index in [9.17, 15) is 4.79 Å². The van der Waals surface area contributed by atoms with Crippen LogP contribution in [0.3, 0.4) is 0 Å². The molecule has 4 aromatic rings. The van der Waals surface area contributed by atoms with E-state index >= 15 is 0 Å². The molecule has 0 spiro atoms. The number of aryl methyl sites for hydroxylation is 1. The third-order valence-electron chi connectivity index (χ3n) is 4.32. The molecular formula is C21H19N5O. The van der Waals surface area contributed by atoms with Crippen LogP contribution in [0.5, 0.6) is 0 Å². The van der Waals surface area contributed by atoms with E-state index in [0.717, 1.165) is 22.6 Å². The van der Waals surface area contributed by atoms with E-state index in [0.29, 0.717) is 12.2 Å². The highest BCUT2D eigenvalue weighted by atomic mass is 16.2. The number of nitrogens with zero attached hydrogens (tertiary/aromatic N) is 4. The molecule has 0 radical (unpaired) electrons. The molecule has 6 nitrogen and oxygen atoms in total. The molecule has 0 unspecified atom stereocenters. The summed E-state index contributed by atoms with van der Waals surface area (Å²) < 4.78 is 3.66. The van der Waals surface area contributed by atoms with Crippen molar-refractivity contribution >= 4 is 5.91 Å². The van der Waals surface area contributed by atoms with Gasteiger partial charge < -0.3 is 9.88 Å². The van der Waals surface area contributed by atoms with E-state index < -0.39 is 0 Å². The molecule has 3 aromatic heterocycles. The maximum atomic E-state index is 12.9. The summed E-state index contributed by atoms with van der Waals surface area (Å²) in [6.45, 7) is 0.409. The Morgan fingerprint density at radius 3 is 2.63 bits per heavy atom. The molecule has 3 heterocycles. The predicted octanol–water partition coefficient (Wildman–Crippen LogP) is 3.20. The lowest BCUT2D eigenvalue weighted by Crippen LogP contribution is -2.25. The van der Waals surface area contributed by atoms with E-state index in [4.69, 9.17) is 0 Å². The summed E-state index contributed by atoms with van der Waals surface area (Å²) in [5.74, 6) is -0.185. The molecule has 6 heteroatoms. The minimum Gasteiger partial charge on any atom is -0.349 e. The first-order chi connectivity index (χ1) is 13.2. The number of nitrogens with one attached hydrogen (secondary N) is 1. The quantitative estimate of drug-likeness (QED) is 0.596. The number of hydrogen-bond donors (Lipinski definition) is 1. The Bertz CT molecular complexity index is 1050. The zero-order chi connectivity index (χ0) is 18.6. The van der Waals surface area contributed by atoms with Gasteiger partial charge in [-0.1, -0.05) is 24.3 Å². The van der Waals surface area contributed by atoms with Crippen molar-refractivity contribution in [2.24, 2.45) is 7.05 Å². The van der Waals surface area contributed by atoms with Gasteiger partial charge in [0.15, 0.2) is 0 Å². The summed E-state index contributed by atoms with van der Waals surface area (Å²) in [7, 11) is 1.96. The van der Waals surface area contributed by atoms with Crippen LogP contribution in [0.2, 0.25) is 0 Å². The van der Waals surface area contributed by atoms with E-state index in [1.807, 2.05) is 78.5 Å². The van der Waals surface area contributed by atoms with Crippen molar-refractivity contribution in [1.29, 1.82) is 0 Å². The third kappa shape index (κ3) is 3.50. The van der Waals surface area contributed by atoms with Crippen LogP contribution in [0.1, 0.15) is 16.1 Å². The Morgan fingerprint density at radius 2 is 1.93 bits per heavy atom. The van der Waals surface area contributed by atoms with Gasteiger partial charge in [-0.15, -0.1) is 0 Å². The summed E-state index contributed by atoms with van der Waals surface area (Å²) in [4.78, 5) is 17.0. The van der Waals surface area contributed by atoms with Crippen LogP contribution in [-0.4, -0.2) is 25.2 Å². The van der Waals surface area contributed by atoms with Crippen LogP contribution >= 0.6 is 0 Å². The lowest BCUT2D eigenvalue weighted by atomic mass is 10.2. The summed E-state index contributed by atoms with van der Waals surface area (Å²) >= 11 is 0. The molecular weight excluding hydrogens is 338 g/mol. The van der Waals surface area contributed by atoms with Crippen LogP contribution in [0.25, 0.3) is 17.1 Å². The van der Waals surface area contributed by atoms with Gasteiger partial charge >= 0.3 is 0 Å². The molecule has 0 fully saturated rings. The van der Waals surface area contributed by atoms with Crippen molar-refractivity contribution in [3.05, 3.63) is 90.5 Å².